The van der Waals surface area contributed by atoms with Crippen molar-refractivity contribution in [3.05, 3.63) is 24.3 Å². The van der Waals surface area contributed by atoms with Gasteiger partial charge in [-0.1, -0.05) is 25.6 Å². The SMILES string of the molecule is CCN(CC)S(=O)(=O)c1ccc(NC(=O)CSc2nnc(N3CCOCC3)n2C2CC2)cc1. The van der Waals surface area contributed by atoms with Crippen molar-refractivity contribution in [3.8, 4) is 0 Å². The number of carbonyl (C=O) groups is 1. The van der Waals surface area contributed by atoms with Crippen molar-refractivity contribution in [2.24, 2.45) is 0 Å². The zero-order chi connectivity index (χ0) is 23.4. The summed E-state index contributed by atoms with van der Waals surface area (Å²) in [6.45, 7) is 7.36. The Kier molecular flexibility index (Phi) is 7.57. The van der Waals surface area contributed by atoms with Gasteiger partial charge in [0.1, 0.15) is 0 Å². The fourth-order valence-corrected chi connectivity index (χ4v) is 6.01. The molecule has 1 aromatic carbocycles. The number of sulfonamides is 1. The molecule has 1 aromatic heterocycles. The third kappa shape index (κ3) is 5.51. The minimum atomic E-state index is -3.52. The summed E-state index contributed by atoms with van der Waals surface area (Å²) in [7, 11) is -3.52. The summed E-state index contributed by atoms with van der Waals surface area (Å²) in [6, 6.07) is 6.66. The van der Waals surface area contributed by atoms with E-state index in [-0.39, 0.29) is 16.6 Å². The number of nitrogens with zero attached hydrogens (tertiary/aromatic N) is 5. The van der Waals surface area contributed by atoms with Crippen molar-refractivity contribution in [1.82, 2.24) is 19.1 Å². The van der Waals surface area contributed by atoms with Crippen LogP contribution in [0.5, 0.6) is 0 Å². The number of hydrogen-bond acceptors (Lipinski definition) is 8. The number of ether oxygens (including phenoxy) is 1. The van der Waals surface area contributed by atoms with E-state index in [0.717, 1.165) is 37.0 Å². The van der Waals surface area contributed by atoms with E-state index in [2.05, 4.69) is 25.0 Å². The lowest BCUT2D eigenvalue weighted by Gasteiger charge is -2.27. The first-order chi connectivity index (χ1) is 15.9. The van der Waals surface area contributed by atoms with Crippen molar-refractivity contribution in [3.63, 3.8) is 0 Å². The smallest absolute Gasteiger partial charge is 0.243 e. The van der Waals surface area contributed by atoms with Crippen LogP contribution in [0, 0.1) is 0 Å². The van der Waals surface area contributed by atoms with Crippen molar-refractivity contribution >= 4 is 39.3 Å². The molecule has 2 aromatic rings. The molecule has 0 bridgehead atoms. The standard InChI is InChI=1S/C21H30N6O4S2/c1-3-26(4-2)33(29,30)18-9-5-16(6-10-18)22-19(28)15-32-21-24-23-20(27(21)17-7-8-17)25-11-13-31-14-12-25/h5-6,9-10,17H,3-4,7-8,11-15H2,1-2H3,(H,22,28). The molecule has 0 unspecified atom stereocenters. The van der Waals surface area contributed by atoms with Gasteiger partial charge in [-0.3, -0.25) is 9.36 Å². The summed E-state index contributed by atoms with van der Waals surface area (Å²) < 4.78 is 34.2. The van der Waals surface area contributed by atoms with Gasteiger partial charge in [0, 0.05) is 37.9 Å². The van der Waals surface area contributed by atoms with Crippen LogP contribution in [-0.4, -0.2) is 78.5 Å². The lowest BCUT2D eigenvalue weighted by molar-refractivity contribution is -0.113. The Hall–Kier alpha value is -2.15. The predicted octanol–water partition coefficient (Wildman–Crippen LogP) is 2.21. The molecular formula is C21H30N6O4S2. The number of nitrogens with one attached hydrogen (secondary N) is 1. The van der Waals surface area contributed by atoms with Gasteiger partial charge < -0.3 is 15.0 Å². The first kappa shape index (κ1) is 24.0. The van der Waals surface area contributed by atoms with Gasteiger partial charge in [-0.15, -0.1) is 10.2 Å². The van der Waals surface area contributed by atoms with Crippen LogP contribution in [0.1, 0.15) is 32.7 Å². The van der Waals surface area contributed by atoms with E-state index in [1.165, 1.54) is 28.2 Å². The van der Waals surface area contributed by atoms with Crippen LogP contribution in [-0.2, 0) is 19.6 Å². The number of anilines is 2. The molecule has 2 aliphatic rings. The number of hydrogen-bond donors (Lipinski definition) is 1. The normalized spacial score (nSPS) is 16.9. The van der Waals surface area contributed by atoms with Gasteiger partial charge in [0.15, 0.2) is 5.16 Å². The van der Waals surface area contributed by atoms with Crippen LogP contribution in [0.25, 0.3) is 0 Å². The Morgan fingerprint density at radius 2 is 1.82 bits per heavy atom. The fraction of sp³-hybridized carbons (Fsp3) is 0.571. The maximum Gasteiger partial charge on any atom is 0.243 e. The Bertz CT molecular complexity index is 1060. The van der Waals surface area contributed by atoms with Gasteiger partial charge in [0.2, 0.25) is 21.9 Å². The zero-order valence-electron chi connectivity index (χ0n) is 18.9. The second-order valence-corrected chi connectivity index (χ2v) is 10.8. The minimum Gasteiger partial charge on any atom is -0.378 e. The quantitative estimate of drug-likeness (QED) is 0.501. The third-order valence-corrected chi connectivity index (χ3v) is 8.67. The van der Waals surface area contributed by atoms with Gasteiger partial charge >= 0.3 is 0 Å². The van der Waals surface area contributed by atoms with Crippen LogP contribution in [0.2, 0.25) is 0 Å². The predicted molar refractivity (Wildman–Crippen MR) is 127 cm³/mol. The van der Waals surface area contributed by atoms with Gasteiger partial charge in [0.05, 0.1) is 23.9 Å². The van der Waals surface area contributed by atoms with Gasteiger partial charge in [-0.05, 0) is 37.1 Å². The van der Waals surface area contributed by atoms with Gasteiger partial charge in [0.25, 0.3) is 0 Å². The fourth-order valence-electron chi connectivity index (χ4n) is 3.75. The molecule has 1 amide bonds. The van der Waals surface area contributed by atoms with Gasteiger partial charge in [-0.2, -0.15) is 4.31 Å². The van der Waals surface area contributed by atoms with Crippen molar-refractivity contribution in [2.75, 3.05) is 55.4 Å². The molecule has 180 valence electrons. The molecule has 1 aliphatic carbocycles. The van der Waals surface area contributed by atoms with Crippen LogP contribution in [0.15, 0.2) is 34.3 Å². The molecule has 1 saturated carbocycles. The van der Waals surface area contributed by atoms with Crippen molar-refractivity contribution in [1.29, 1.82) is 0 Å². The Balaban J connectivity index is 1.37. The van der Waals surface area contributed by atoms with E-state index in [1.807, 2.05) is 0 Å². The molecule has 0 atom stereocenters. The largest absolute Gasteiger partial charge is 0.378 e. The van der Waals surface area contributed by atoms with Crippen molar-refractivity contribution in [2.45, 2.75) is 42.8 Å². The summed E-state index contributed by atoms with van der Waals surface area (Å²) in [5.74, 6) is 0.860. The van der Waals surface area contributed by atoms with E-state index >= 15 is 0 Å². The number of benzene rings is 1. The van der Waals surface area contributed by atoms with Crippen molar-refractivity contribution < 1.29 is 17.9 Å². The average Bonchev–Trinajstić information content (AvgIpc) is 3.58. The number of aromatic nitrogens is 3. The summed E-state index contributed by atoms with van der Waals surface area (Å²) in [5, 5.41) is 12.3. The number of amides is 1. The van der Waals surface area contributed by atoms with Crippen LogP contribution in [0.4, 0.5) is 11.6 Å². The summed E-state index contributed by atoms with van der Waals surface area (Å²) in [6.07, 6.45) is 2.19. The monoisotopic (exact) mass is 494 g/mol. The number of thioether (sulfide) groups is 1. The lowest BCUT2D eigenvalue weighted by atomic mass is 10.3. The first-order valence-electron chi connectivity index (χ1n) is 11.2. The maximum atomic E-state index is 12.6. The van der Waals surface area contributed by atoms with E-state index in [9.17, 15) is 13.2 Å². The summed E-state index contributed by atoms with van der Waals surface area (Å²) in [4.78, 5) is 14.9. The molecule has 12 heteroatoms. The molecule has 10 nitrogen and oxygen atoms in total. The molecule has 0 radical (unpaired) electrons. The highest BCUT2D eigenvalue weighted by molar-refractivity contribution is 7.99. The highest BCUT2D eigenvalue weighted by Gasteiger charge is 2.32. The lowest BCUT2D eigenvalue weighted by Crippen LogP contribution is -2.38. The molecule has 1 N–H and O–H groups in total. The molecular weight excluding hydrogens is 464 g/mol. The number of rotatable bonds is 10. The van der Waals surface area contributed by atoms with E-state index in [0.29, 0.717) is 38.0 Å². The van der Waals surface area contributed by atoms with Crippen LogP contribution < -0.4 is 10.2 Å². The molecule has 1 aliphatic heterocycles. The second kappa shape index (κ2) is 10.4. The second-order valence-electron chi connectivity index (χ2n) is 7.93. The highest BCUT2D eigenvalue weighted by atomic mass is 32.2. The van der Waals surface area contributed by atoms with Crippen LogP contribution in [0.3, 0.4) is 0 Å². The van der Waals surface area contributed by atoms with E-state index < -0.39 is 10.0 Å². The number of carbonyl (C=O) groups excluding carboxylic acids is 1. The average molecular weight is 495 g/mol. The highest BCUT2D eigenvalue weighted by Crippen LogP contribution is 2.41. The topological polar surface area (TPSA) is 110 Å². The molecule has 2 heterocycles. The first-order valence-corrected chi connectivity index (χ1v) is 13.7. The van der Waals surface area contributed by atoms with E-state index in [1.54, 1.807) is 26.0 Å². The zero-order valence-corrected chi connectivity index (χ0v) is 20.6. The Labute approximate surface area is 198 Å². The summed E-state index contributed by atoms with van der Waals surface area (Å²) in [5.41, 5.74) is 0.553. The molecule has 0 spiro atoms. The number of morpholine rings is 1. The molecule has 1 saturated heterocycles. The Morgan fingerprint density at radius 3 is 2.42 bits per heavy atom. The third-order valence-electron chi connectivity index (χ3n) is 5.67. The van der Waals surface area contributed by atoms with E-state index in [4.69, 9.17) is 4.74 Å². The summed E-state index contributed by atoms with van der Waals surface area (Å²) >= 11 is 1.36. The molecule has 2 fully saturated rings. The molecule has 33 heavy (non-hydrogen) atoms. The Morgan fingerprint density at radius 1 is 1.15 bits per heavy atom. The van der Waals surface area contributed by atoms with Crippen LogP contribution >= 0.6 is 11.8 Å². The maximum absolute atomic E-state index is 12.6. The minimum absolute atomic E-state index is 0.183. The molecule has 4 rings (SSSR count). The van der Waals surface area contributed by atoms with Gasteiger partial charge in [-0.25, -0.2) is 8.42 Å².